The van der Waals surface area contributed by atoms with E-state index in [-0.39, 0.29) is 21.7 Å². The molecule has 0 heterocycles. The predicted octanol–water partition coefficient (Wildman–Crippen LogP) is 17.8. The second-order valence-electron chi connectivity index (χ2n) is 26.7. The molecule has 0 fully saturated rings. The first-order chi connectivity index (χ1) is 39.9. The summed E-state index contributed by atoms with van der Waals surface area (Å²) in [5, 5.41) is 0. The van der Waals surface area contributed by atoms with Crippen molar-refractivity contribution in [2.24, 2.45) is 0 Å². The van der Waals surface area contributed by atoms with Crippen LogP contribution in [0.25, 0.3) is 0 Å². The van der Waals surface area contributed by atoms with E-state index in [4.69, 9.17) is 44.6 Å². The summed E-state index contributed by atoms with van der Waals surface area (Å²) >= 11 is 0. The van der Waals surface area contributed by atoms with Gasteiger partial charge in [0.1, 0.15) is 49.4 Å². The first kappa shape index (κ1) is 59.8. The smallest absolute Gasteiger partial charge is 0.126 e. The van der Waals surface area contributed by atoms with Gasteiger partial charge in [0.25, 0.3) is 0 Å². The Balaban J connectivity index is 1.38. The molecule has 8 aromatic rings. The fourth-order valence-electron chi connectivity index (χ4n) is 10.8. The van der Waals surface area contributed by atoms with E-state index < -0.39 is 0 Å². The molecular formula is C80H80O4. The van der Waals surface area contributed by atoms with Gasteiger partial charge in [0.15, 0.2) is 0 Å². The molecule has 8 bridgehead atoms. The quantitative estimate of drug-likeness (QED) is 0.114. The zero-order valence-electron chi connectivity index (χ0n) is 51.5. The molecule has 4 heteroatoms. The molecule has 0 aliphatic heterocycles. The minimum absolute atomic E-state index is 0.230. The normalized spacial score (nSPS) is 12.5. The zero-order valence-corrected chi connectivity index (χ0v) is 51.5. The maximum Gasteiger partial charge on any atom is 0.126 e. The molecule has 0 amide bonds. The van der Waals surface area contributed by atoms with Gasteiger partial charge < -0.3 is 18.9 Å². The van der Waals surface area contributed by atoms with Crippen LogP contribution in [0.2, 0.25) is 0 Å². The van der Waals surface area contributed by atoms with E-state index >= 15 is 0 Å². The summed E-state index contributed by atoms with van der Waals surface area (Å²) < 4.78 is 29.4. The molecule has 9 rings (SSSR count). The average Bonchev–Trinajstić information content (AvgIpc) is 1.25. The summed E-state index contributed by atoms with van der Waals surface area (Å²) in [6.45, 7) is 28.8. The highest BCUT2D eigenvalue weighted by Crippen LogP contribution is 2.45. The Bertz CT molecular complexity index is 3260. The maximum atomic E-state index is 7.34. The van der Waals surface area contributed by atoms with Crippen LogP contribution in [-0.4, -0.2) is 0 Å². The van der Waals surface area contributed by atoms with Gasteiger partial charge in [-0.1, -0.05) is 204 Å². The Morgan fingerprint density at radius 2 is 0.429 bits per heavy atom. The van der Waals surface area contributed by atoms with Gasteiger partial charge in [-0.3, -0.25) is 0 Å². The van der Waals surface area contributed by atoms with E-state index in [1.165, 1.54) is 22.3 Å². The van der Waals surface area contributed by atoms with Gasteiger partial charge in [-0.15, -0.1) is 25.7 Å². The summed E-state index contributed by atoms with van der Waals surface area (Å²) in [5.41, 5.74) is 19.7. The molecule has 8 aromatic carbocycles. The van der Waals surface area contributed by atoms with Gasteiger partial charge in [-0.25, -0.2) is 0 Å². The van der Waals surface area contributed by atoms with Crippen molar-refractivity contribution in [2.75, 3.05) is 0 Å². The monoisotopic (exact) mass is 1100 g/mol. The van der Waals surface area contributed by atoms with E-state index in [0.717, 1.165) is 112 Å². The number of ether oxygens (including phenoxy) is 4. The third-order valence-electron chi connectivity index (χ3n) is 16.0. The van der Waals surface area contributed by atoms with Crippen LogP contribution in [0.5, 0.6) is 23.0 Å². The summed E-state index contributed by atoms with van der Waals surface area (Å²) in [6, 6.07) is 51.2. The second kappa shape index (κ2) is 24.6. The Hall–Kier alpha value is -8.80. The molecule has 0 spiro atoms. The molecule has 1 aliphatic rings. The van der Waals surface area contributed by atoms with E-state index in [1.807, 2.05) is 48.5 Å². The molecule has 0 N–H and O–H groups in total. The van der Waals surface area contributed by atoms with Crippen LogP contribution >= 0.6 is 0 Å². The van der Waals surface area contributed by atoms with Crippen molar-refractivity contribution in [2.45, 2.75) is 157 Å². The Morgan fingerprint density at radius 3 is 0.560 bits per heavy atom. The van der Waals surface area contributed by atoms with Crippen LogP contribution in [0.15, 0.2) is 146 Å². The molecule has 0 aromatic heterocycles. The molecule has 4 nitrogen and oxygen atoms in total. The van der Waals surface area contributed by atoms with Crippen LogP contribution in [-0.2, 0) is 73.8 Å². The third kappa shape index (κ3) is 14.3. The molecule has 1 aliphatic carbocycles. The SMILES string of the molecule is C#Cc1ccc(COc2c3cc(C(C)(C)C)cc2Cc2cc(C(C)(C)C)cc(c2OCc2ccc(C#C)cc2)Cc2cc(C(C)(C)C)cc(c2OCc2ccc(C#C)cc2)Cc2cc(C(C)(C)C)cc(c2OCc2ccc(C#C)cc2)C3)cc1. The highest BCUT2D eigenvalue weighted by molar-refractivity contribution is 5.60. The highest BCUT2D eigenvalue weighted by Gasteiger charge is 2.30. The van der Waals surface area contributed by atoms with Crippen molar-refractivity contribution in [3.8, 4) is 72.4 Å². The number of terminal acetylenes is 4. The molecule has 0 saturated heterocycles. The lowest BCUT2D eigenvalue weighted by molar-refractivity contribution is 0.293. The number of fused-ring (bicyclic) bond motifs is 8. The lowest BCUT2D eigenvalue weighted by atomic mass is 9.79. The van der Waals surface area contributed by atoms with Crippen LogP contribution in [0, 0.1) is 49.4 Å². The van der Waals surface area contributed by atoms with Crippen molar-refractivity contribution in [3.05, 3.63) is 257 Å². The largest absolute Gasteiger partial charge is 0.488 e. The van der Waals surface area contributed by atoms with Crippen molar-refractivity contribution >= 4 is 0 Å². The van der Waals surface area contributed by atoms with Gasteiger partial charge in [0.2, 0.25) is 0 Å². The van der Waals surface area contributed by atoms with Crippen molar-refractivity contribution in [1.29, 1.82) is 0 Å². The fraction of sp³-hybridized carbons (Fsp3) is 0.300. The number of hydrogen-bond donors (Lipinski definition) is 0. The van der Waals surface area contributed by atoms with Crippen molar-refractivity contribution in [3.63, 3.8) is 0 Å². The lowest BCUT2D eigenvalue weighted by Crippen LogP contribution is -2.17. The highest BCUT2D eigenvalue weighted by atomic mass is 16.5. The van der Waals surface area contributed by atoms with E-state index in [0.29, 0.717) is 52.1 Å². The van der Waals surface area contributed by atoms with Gasteiger partial charge in [0.05, 0.1) is 0 Å². The number of rotatable bonds is 12. The molecule has 424 valence electrons. The summed E-state index contributed by atoms with van der Waals surface area (Å²) in [4.78, 5) is 0. The third-order valence-corrected chi connectivity index (χ3v) is 16.0. The van der Waals surface area contributed by atoms with Gasteiger partial charge >= 0.3 is 0 Å². The van der Waals surface area contributed by atoms with Gasteiger partial charge in [0, 0.05) is 47.9 Å². The topological polar surface area (TPSA) is 36.9 Å². The summed E-state index contributed by atoms with van der Waals surface area (Å²) in [6.07, 6.45) is 25.5. The second-order valence-corrected chi connectivity index (χ2v) is 26.7. The standard InChI is InChI=1S/C80H80O4/c1-17-53-21-29-57(30-22-53)49-81-73-61-37-63-43-70(78(8,9)10)45-65(74(63)82-50-58-31-23-54(18-2)24-32-58)39-67-47-72(80(14,15)16)48-68(76(67)84-52-60-35-27-56(20-4)28-36-60)40-66-46-71(79(11,12)13)44-64(38-62(73)42-69(41-61)77(5,6)7)75(66)83-51-59-33-25-55(19-3)26-34-59/h1-4,21-36,41-48H,37-40,49-52H2,5-16H3. The van der Waals surface area contributed by atoms with Crippen molar-refractivity contribution < 1.29 is 18.9 Å². The Labute approximate surface area is 502 Å². The van der Waals surface area contributed by atoms with Crippen LogP contribution in [0.3, 0.4) is 0 Å². The maximum absolute atomic E-state index is 7.34. The fourth-order valence-corrected chi connectivity index (χ4v) is 10.8. The lowest BCUT2D eigenvalue weighted by Gasteiger charge is -2.29. The van der Waals surface area contributed by atoms with E-state index in [2.05, 4.69) is 204 Å². The first-order valence-corrected chi connectivity index (χ1v) is 29.3. The summed E-state index contributed by atoms with van der Waals surface area (Å²) in [7, 11) is 0. The van der Waals surface area contributed by atoms with Crippen LogP contribution in [0.4, 0.5) is 0 Å². The minimum Gasteiger partial charge on any atom is -0.488 e. The predicted molar refractivity (Wildman–Crippen MR) is 347 cm³/mol. The molecule has 0 radical (unpaired) electrons. The molecule has 84 heavy (non-hydrogen) atoms. The van der Waals surface area contributed by atoms with Gasteiger partial charge in [-0.2, -0.15) is 0 Å². The molecular weight excluding hydrogens is 1020 g/mol. The summed E-state index contributed by atoms with van der Waals surface area (Å²) in [5.74, 6) is 14.4. The number of benzene rings is 8. The molecule has 0 saturated carbocycles. The first-order valence-electron chi connectivity index (χ1n) is 29.3. The average molecular weight is 1110 g/mol. The molecule has 0 unspecified atom stereocenters. The molecule has 0 atom stereocenters. The Kier molecular flexibility index (Phi) is 17.5. The minimum atomic E-state index is -0.230. The van der Waals surface area contributed by atoms with Crippen LogP contribution in [0.1, 0.15) is 194 Å². The van der Waals surface area contributed by atoms with E-state index in [1.54, 1.807) is 0 Å². The zero-order chi connectivity index (χ0) is 60.1. The number of hydrogen-bond acceptors (Lipinski definition) is 4. The Morgan fingerprint density at radius 1 is 0.274 bits per heavy atom. The van der Waals surface area contributed by atoms with Gasteiger partial charge in [-0.05, 0) is 159 Å². The van der Waals surface area contributed by atoms with Crippen molar-refractivity contribution in [1.82, 2.24) is 0 Å². The van der Waals surface area contributed by atoms with E-state index in [9.17, 15) is 0 Å². The van der Waals surface area contributed by atoms with Crippen LogP contribution < -0.4 is 18.9 Å².